The van der Waals surface area contributed by atoms with Crippen LogP contribution in [0, 0.1) is 0 Å². The van der Waals surface area contributed by atoms with Gasteiger partial charge in [-0.25, -0.2) is 0 Å². The van der Waals surface area contributed by atoms with Crippen LogP contribution in [0.5, 0.6) is 0 Å². The molecule has 19 heavy (non-hydrogen) atoms. The third-order valence-corrected chi connectivity index (χ3v) is 3.61. The van der Waals surface area contributed by atoms with Gasteiger partial charge in [0.15, 0.2) is 5.78 Å². The van der Waals surface area contributed by atoms with E-state index in [-0.39, 0.29) is 23.8 Å². The number of nitrogens with zero attached hydrogens (tertiary/aromatic N) is 1. The minimum atomic E-state index is -0.169. The largest absolute Gasteiger partial charge is 0.308 e. The smallest absolute Gasteiger partial charge is 0.244 e. The summed E-state index contributed by atoms with van der Waals surface area (Å²) < 4.78 is 0. The summed E-state index contributed by atoms with van der Waals surface area (Å²) in [6.45, 7) is 6.32. The van der Waals surface area contributed by atoms with Gasteiger partial charge in [-0.2, -0.15) is 0 Å². The molecule has 0 aromatic heterocycles. The lowest BCUT2D eigenvalue weighted by atomic mass is 10.1. The monoisotopic (exact) mass is 260 g/mol. The molecule has 0 radical (unpaired) electrons. The topological polar surface area (TPSA) is 49.4 Å². The number of nitrogens with one attached hydrogen (secondary N) is 1. The van der Waals surface area contributed by atoms with Gasteiger partial charge < -0.3 is 10.2 Å². The minimum absolute atomic E-state index is 0.0387. The van der Waals surface area contributed by atoms with E-state index in [9.17, 15) is 9.59 Å². The van der Waals surface area contributed by atoms with E-state index in [0.29, 0.717) is 5.56 Å². The zero-order valence-electron chi connectivity index (χ0n) is 11.6. The van der Waals surface area contributed by atoms with Crippen LogP contribution < -0.4 is 10.2 Å². The summed E-state index contributed by atoms with van der Waals surface area (Å²) in [6.07, 6.45) is 0.921. The van der Waals surface area contributed by atoms with E-state index in [4.69, 9.17) is 0 Å². The summed E-state index contributed by atoms with van der Waals surface area (Å²) in [4.78, 5) is 25.5. The first-order valence-electron chi connectivity index (χ1n) is 6.68. The Balaban J connectivity index is 2.31. The van der Waals surface area contributed by atoms with E-state index in [1.165, 1.54) is 0 Å². The molecule has 2 rings (SSSR count). The number of carbonyl (C=O) groups excluding carboxylic acids is 2. The van der Waals surface area contributed by atoms with Crippen molar-refractivity contribution < 1.29 is 9.59 Å². The van der Waals surface area contributed by atoms with Crippen molar-refractivity contribution in [1.29, 1.82) is 0 Å². The highest BCUT2D eigenvalue weighted by atomic mass is 16.2. The van der Waals surface area contributed by atoms with Gasteiger partial charge in [-0.3, -0.25) is 9.59 Å². The van der Waals surface area contributed by atoms with Crippen LogP contribution in [0.25, 0.3) is 0 Å². The summed E-state index contributed by atoms with van der Waals surface area (Å²) in [5, 5.41) is 3.21. The van der Waals surface area contributed by atoms with Crippen molar-refractivity contribution >= 4 is 17.4 Å². The molecule has 1 aromatic rings. The molecule has 1 aliphatic heterocycles. The van der Waals surface area contributed by atoms with Gasteiger partial charge in [0.2, 0.25) is 5.91 Å². The molecular weight excluding hydrogens is 240 g/mol. The van der Waals surface area contributed by atoms with Crippen LogP contribution >= 0.6 is 0 Å². The second kappa shape index (κ2) is 5.53. The van der Waals surface area contributed by atoms with Gasteiger partial charge in [0, 0.05) is 17.3 Å². The lowest BCUT2D eigenvalue weighted by molar-refractivity contribution is -0.120. The second-order valence-corrected chi connectivity index (χ2v) is 5.12. The SMILES string of the molecule is CC(=O)c1ccc(N2C(=O)C(C)NCCC2C)cc1. The second-order valence-electron chi connectivity index (χ2n) is 5.12. The first-order chi connectivity index (χ1) is 9.00. The maximum Gasteiger partial charge on any atom is 0.244 e. The Labute approximate surface area is 113 Å². The van der Waals surface area contributed by atoms with Crippen molar-refractivity contribution in [3.8, 4) is 0 Å². The third kappa shape index (κ3) is 2.84. The first kappa shape index (κ1) is 13.7. The Morgan fingerprint density at radius 1 is 1.26 bits per heavy atom. The van der Waals surface area contributed by atoms with Crippen LogP contribution in [0.3, 0.4) is 0 Å². The van der Waals surface area contributed by atoms with Crippen LogP contribution in [-0.4, -0.2) is 30.3 Å². The number of hydrogen-bond donors (Lipinski definition) is 1. The lowest BCUT2D eigenvalue weighted by Gasteiger charge is -2.28. The maximum absolute atomic E-state index is 12.4. The Morgan fingerprint density at radius 3 is 2.47 bits per heavy atom. The number of carbonyl (C=O) groups is 2. The molecule has 1 N–H and O–H groups in total. The zero-order valence-corrected chi connectivity index (χ0v) is 11.6. The number of anilines is 1. The van der Waals surface area contributed by atoms with Crippen LogP contribution in [0.4, 0.5) is 5.69 Å². The fourth-order valence-corrected chi connectivity index (χ4v) is 2.39. The number of ketones is 1. The van der Waals surface area contributed by atoms with Crippen molar-refractivity contribution in [3.05, 3.63) is 29.8 Å². The first-order valence-corrected chi connectivity index (χ1v) is 6.68. The summed E-state index contributed by atoms with van der Waals surface area (Å²) in [5.74, 6) is 0.123. The van der Waals surface area contributed by atoms with E-state index >= 15 is 0 Å². The molecule has 1 fully saturated rings. The highest BCUT2D eigenvalue weighted by Gasteiger charge is 2.28. The highest BCUT2D eigenvalue weighted by Crippen LogP contribution is 2.22. The number of amides is 1. The molecule has 1 aromatic carbocycles. The molecule has 2 unspecified atom stereocenters. The van der Waals surface area contributed by atoms with Gasteiger partial charge in [0.25, 0.3) is 0 Å². The van der Waals surface area contributed by atoms with Crippen molar-refractivity contribution in [2.75, 3.05) is 11.4 Å². The number of benzene rings is 1. The van der Waals surface area contributed by atoms with Crippen LogP contribution in [-0.2, 0) is 4.79 Å². The summed E-state index contributed by atoms with van der Waals surface area (Å²) in [7, 11) is 0. The summed E-state index contributed by atoms with van der Waals surface area (Å²) >= 11 is 0. The maximum atomic E-state index is 12.4. The lowest BCUT2D eigenvalue weighted by Crippen LogP contribution is -2.44. The van der Waals surface area contributed by atoms with Gasteiger partial charge in [-0.15, -0.1) is 0 Å². The number of hydrogen-bond acceptors (Lipinski definition) is 3. The van der Waals surface area contributed by atoms with Gasteiger partial charge >= 0.3 is 0 Å². The molecule has 1 aliphatic rings. The zero-order chi connectivity index (χ0) is 14.0. The van der Waals surface area contributed by atoms with Crippen LogP contribution in [0.15, 0.2) is 24.3 Å². The molecule has 0 saturated carbocycles. The molecule has 1 amide bonds. The van der Waals surface area contributed by atoms with E-state index in [1.807, 2.05) is 24.0 Å². The normalized spacial score (nSPS) is 24.2. The summed E-state index contributed by atoms with van der Waals surface area (Å²) in [6, 6.07) is 7.25. The van der Waals surface area contributed by atoms with E-state index in [2.05, 4.69) is 12.2 Å². The average Bonchev–Trinajstić information content (AvgIpc) is 2.50. The average molecular weight is 260 g/mol. The molecule has 102 valence electrons. The van der Waals surface area contributed by atoms with Crippen LogP contribution in [0.2, 0.25) is 0 Å². The van der Waals surface area contributed by atoms with Crippen molar-refractivity contribution in [2.24, 2.45) is 0 Å². The van der Waals surface area contributed by atoms with Crippen molar-refractivity contribution in [3.63, 3.8) is 0 Å². The predicted molar refractivity (Wildman–Crippen MR) is 75.5 cm³/mol. The Bertz CT molecular complexity index is 481. The standard InChI is InChI=1S/C15H20N2O2/c1-10-8-9-16-11(2)15(19)17(10)14-6-4-13(5-7-14)12(3)18/h4-7,10-11,16H,8-9H2,1-3H3. The van der Waals surface area contributed by atoms with Crippen molar-refractivity contribution in [1.82, 2.24) is 5.32 Å². The molecule has 2 atom stereocenters. The third-order valence-electron chi connectivity index (χ3n) is 3.61. The molecule has 1 heterocycles. The van der Waals surface area contributed by atoms with Gasteiger partial charge in [-0.1, -0.05) is 0 Å². The van der Waals surface area contributed by atoms with Gasteiger partial charge in [0.05, 0.1) is 6.04 Å². The van der Waals surface area contributed by atoms with Crippen molar-refractivity contribution in [2.45, 2.75) is 39.3 Å². The van der Waals surface area contributed by atoms with Gasteiger partial charge in [0.1, 0.15) is 0 Å². The molecule has 0 spiro atoms. The molecule has 0 aliphatic carbocycles. The summed E-state index contributed by atoms with van der Waals surface area (Å²) in [5.41, 5.74) is 1.53. The predicted octanol–water partition coefficient (Wildman–Crippen LogP) is 1.99. The minimum Gasteiger partial charge on any atom is -0.308 e. The van der Waals surface area contributed by atoms with E-state index < -0.39 is 0 Å². The Hall–Kier alpha value is -1.68. The van der Waals surface area contributed by atoms with E-state index in [1.54, 1.807) is 19.1 Å². The molecule has 0 bridgehead atoms. The van der Waals surface area contributed by atoms with Crippen LogP contribution in [0.1, 0.15) is 37.6 Å². The Morgan fingerprint density at radius 2 is 1.89 bits per heavy atom. The number of rotatable bonds is 2. The highest BCUT2D eigenvalue weighted by molar-refractivity contribution is 5.99. The fourth-order valence-electron chi connectivity index (χ4n) is 2.39. The van der Waals surface area contributed by atoms with Gasteiger partial charge in [-0.05, 0) is 58.0 Å². The molecule has 1 saturated heterocycles. The Kier molecular flexibility index (Phi) is 4.00. The fraction of sp³-hybridized carbons (Fsp3) is 0.467. The molecule has 4 heteroatoms. The molecule has 4 nitrogen and oxygen atoms in total. The molecular formula is C15H20N2O2. The number of Topliss-reactive ketones (excluding diaryl/α,β-unsaturated/α-hetero) is 1. The van der Waals surface area contributed by atoms with E-state index in [0.717, 1.165) is 18.7 Å². The quantitative estimate of drug-likeness (QED) is 0.827.